The molecule has 3 N–H and O–H groups in total. The van der Waals surface area contributed by atoms with Gasteiger partial charge in [-0.25, -0.2) is 0 Å². The van der Waals surface area contributed by atoms with E-state index in [4.69, 9.17) is 5.73 Å². The summed E-state index contributed by atoms with van der Waals surface area (Å²) < 4.78 is 0. The first-order chi connectivity index (χ1) is 4.63. The number of hydrogen-bond acceptors (Lipinski definition) is 3. The van der Waals surface area contributed by atoms with Crippen LogP contribution >= 0.6 is 0 Å². The first-order valence-corrected chi connectivity index (χ1v) is 3.79. The van der Waals surface area contributed by atoms with Crippen molar-refractivity contribution in [3.05, 3.63) is 0 Å². The first kappa shape index (κ1) is 9.88. The van der Waals surface area contributed by atoms with Gasteiger partial charge in [-0.3, -0.25) is 4.90 Å². The Kier molecular flexibility index (Phi) is 4.60. The van der Waals surface area contributed by atoms with E-state index in [0.29, 0.717) is 0 Å². The molecule has 62 valence electrons. The van der Waals surface area contributed by atoms with Gasteiger partial charge in [0.1, 0.15) is 6.23 Å². The van der Waals surface area contributed by atoms with Crippen molar-refractivity contribution in [3.63, 3.8) is 0 Å². The Morgan fingerprint density at radius 3 is 2.20 bits per heavy atom. The maximum atomic E-state index is 9.27. The monoisotopic (exact) mass is 146 g/mol. The summed E-state index contributed by atoms with van der Waals surface area (Å²) >= 11 is 0. The molecule has 0 spiro atoms. The lowest BCUT2D eigenvalue weighted by Crippen LogP contribution is -2.44. The highest BCUT2D eigenvalue weighted by Crippen LogP contribution is 2.01. The summed E-state index contributed by atoms with van der Waals surface area (Å²) in [5.74, 6) is 0. The standard InChI is InChI=1S/C7H18N2O/c1-4-6(8)9(3)7(10)5-2/h6-7,10H,4-5,8H2,1-3H3. The van der Waals surface area contributed by atoms with E-state index < -0.39 is 6.23 Å². The van der Waals surface area contributed by atoms with Crippen molar-refractivity contribution in [1.82, 2.24) is 4.90 Å². The fourth-order valence-corrected chi connectivity index (χ4v) is 0.797. The summed E-state index contributed by atoms with van der Waals surface area (Å²) in [6, 6.07) is 0. The zero-order valence-corrected chi connectivity index (χ0v) is 7.04. The molecule has 3 nitrogen and oxygen atoms in total. The van der Waals surface area contributed by atoms with Crippen LogP contribution in [0, 0.1) is 0 Å². The molecular weight excluding hydrogens is 128 g/mol. The zero-order chi connectivity index (χ0) is 8.15. The summed E-state index contributed by atoms with van der Waals surface area (Å²) in [7, 11) is 1.84. The van der Waals surface area contributed by atoms with Gasteiger partial charge in [0.15, 0.2) is 0 Å². The average Bonchev–Trinajstić information content (AvgIpc) is 2.00. The van der Waals surface area contributed by atoms with E-state index in [1.807, 2.05) is 20.9 Å². The molecule has 2 unspecified atom stereocenters. The molecule has 0 fully saturated rings. The van der Waals surface area contributed by atoms with Gasteiger partial charge in [0, 0.05) is 0 Å². The van der Waals surface area contributed by atoms with Crippen molar-refractivity contribution in [1.29, 1.82) is 0 Å². The first-order valence-electron chi connectivity index (χ1n) is 3.79. The highest BCUT2D eigenvalue weighted by molar-refractivity contribution is 4.61. The van der Waals surface area contributed by atoms with Crippen molar-refractivity contribution in [2.75, 3.05) is 7.05 Å². The van der Waals surface area contributed by atoms with Gasteiger partial charge in [-0.05, 0) is 19.9 Å². The van der Waals surface area contributed by atoms with E-state index >= 15 is 0 Å². The minimum absolute atomic E-state index is 0.0186. The fraction of sp³-hybridized carbons (Fsp3) is 1.00. The molecule has 0 aliphatic rings. The van der Waals surface area contributed by atoms with Gasteiger partial charge in [0.2, 0.25) is 0 Å². The second-order valence-electron chi connectivity index (χ2n) is 2.53. The molecule has 10 heavy (non-hydrogen) atoms. The third-order valence-corrected chi connectivity index (χ3v) is 1.78. The zero-order valence-electron chi connectivity index (χ0n) is 7.04. The third kappa shape index (κ3) is 2.64. The molecule has 0 aliphatic carbocycles. The van der Waals surface area contributed by atoms with Crippen molar-refractivity contribution in [2.45, 2.75) is 39.1 Å². The van der Waals surface area contributed by atoms with Gasteiger partial charge >= 0.3 is 0 Å². The lowest BCUT2D eigenvalue weighted by molar-refractivity contribution is -0.00776. The Balaban J connectivity index is 3.69. The molecule has 2 atom stereocenters. The lowest BCUT2D eigenvalue weighted by Gasteiger charge is -2.27. The Morgan fingerprint density at radius 2 is 1.90 bits per heavy atom. The Hall–Kier alpha value is -0.120. The third-order valence-electron chi connectivity index (χ3n) is 1.78. The SMILES string of the molecule is CCC(N)N(C)C(O)CC. The molecule has 0 heterocycles. The Morgan fingerprint density at radius 1 is 1.40 bits per heavy atom. The van der Waals surface area contributed by atoms with E-state index in [1.54, 1.807) is 4.90 Å². The fourth-order valence-electron chi connectivity index (χ4n) is 0.797. The van der Waals surface area contributed by atoms with Crippen LogP contribution in [0.15, 0.2) is 0 Å². The van der Waals surface area contributed by atoms with Gasteiger partial charge in [-0.15, -0.1) is 0 Å². The predicted molar refractivity (Wildman–Crippen MR) is 42.3 cm³/mol. The molecule has 0 rings (SSSR count). The number of aliphatic hydroxyl groups is 1. The van der Waals surface area contributed by atoms with E-state index in [2.05, 4.69) is 0 Å². The van der Waals surface area contributed by atoms with Gasteiger partial charge in [-0.1, -0.05) is 13.8 Å². The molecule has 0 aliphatic heterocycles. The van der Waals surface area contributed by atoms with E-state index in [0.717, 1.165) is 12.8 Å². The van der Waals surface area contributed by atoms with E-state index in [9.17, 15) is 5.11 Å². The van der Waals surface area contributed by atoms with Crippen molar-refractivity contribution < 1.29 is 5.11 Å². The van der Waals surface area contributed by atoms with Crippen LogP contribution in [0.2, 0.25) is 0 Å². The number of hydrogen-bond donors (Lipinski definition) is 2. The molecule has 0 bridgehead atoms. The number of nitrogens with two attached hydrogens (primary N) is 1. The van der Waals surface area contributed by atoms with Crippen LogP contribution in [0.25, 0.3) is 0 Å². The van der Waals surface area contributed by atoms with Crippen LogP contribution in [0.4, 0.5) is 0 Å². The molecule has 0 saturated heterocycles. The van der Waals surface area contributed by atoms with Crippen molar-refractivity contribution >= 4 is 0 Å². The van der Waals surface area contributed by atoms with Crippen molar-refractivity contribution in [2.24, 2.45) is 5.73 Å². The maximum absolute atomic E-state index is 9.27. The summed E-state index contributed by atoms with van der Waals surface area (Å²) in [5.41, 5.74) is 5.66. The highest BCUT2D eigenvalue weighted by Gasteiger charge is 2.13. The average molecular weight is 146 g/mol. The topological polar surface area (TPSA) is 49.5 Å². The van der Waals surface area contributed by atoms with Gasteiger partial charge in [0.25, 0.3) is 0 Å². The second kappa shape index (κ2) is 4.66. The molecular formula is C7H18N2O. The van der Waals surface area contributed by atoms with Crippen LogP contribution < -0.4 is 5.73 Å². The summed E-state index contributed by atoms with van der Waals surface area (Å²) in [6.07, 6.45) is 1.18. The molecule has 0 aromatic rings. The van der Waals surface area contributed by atoms with Crippen LogP contribution in [0.3, 0.4) is 0 Å². The smallest absolute Gasteiger partial charge is 0.108 e. The van der Waals surface area contributed by atoms with Crippen LogP contribution in [0.1, 0.15) is 26.7 Å². The molecule has 0 radical (unpaired) electrons. The summed E-state index contributed by atoms with van der Waals surface area (Å²) in [4.78, 5) is 1.78. The molecule has 0 saturated carbocycles. The lowest BCUT2D eigenvalue weighted by atomic mass is 10.3. The molecule has 0 aromatic heterocycles. The minimum atomic E-state index is -0.394. The quantitative estimate of drug-likeness (QED) is 0.562. The minimum Gasteiger partial charge on any atom is -0.378 e. The van der Waals surface area contributed by atoms with Gasteiger partial charge in [-0.2, -0.15) is 0 Å². The summed E-state index contributed by atoms with van der Waals surface area (Å²) in [6.45, 7) is 3.94. The van der Waals surface area contributed by atoms with Crippen LogP contribution in [-0.4, -0.2) is 29.4 Å². The normalized spacial score (nSPS) is 17.4. The van der Waals surface area contributed by atoms with E-state index in [1.165, 1.54) is 0 Å². The number of nitrogens with zero attached hydrogens (tertiary/aromatic N) is 1. The van der Waals surface area contributed by atoms with Gasteiger partial charge < -0.3 is 10.8 Å². The van der Waals surface area contributed by atoms with Crippen LogP contribution in [-0.2, 0) is 0 Å². The number of rotatable bonds is 4. The van der Waals surface area contributed by atoms with Crippen LogP contribution in [0.5, 0.6) is 0 Å². The summed E-state index contributed by atoms with van der Waals surface area (Å²) in [5, 5.41) is 9.27. The number of aliphatic hydroxyl groups excluding tert-OH is 1. The van der Waals surface area contributed by atoms with E-state index in [-0.39, 0.29) is 6.17 Å². The molecule has 0 aromatic carbocycles. The second-order valence-corrected chi connectivity index (χ2v) is 2.53. The predicted octanol–water partition coefficient (Wildman–Crippen LogP) is 0.341. The van der Waals surface area contributed by atoms with Gasteiger partial charge in [0.05, 0.1) is 6.17 Å². The largest absolute Gasteiger partial charge is 0.378 e. The Bertz CT molecular complexity index is 77.7. The Labute approximate surface area is 62.8 Å². The van der Waals surface area contributed by atoms with Crippen molar-refractivity contribution in [3.8, 4) is 0 Å². The maximum Gasteiger partial charge on any atom is 0.108 e. The highest BCUT2D eigenvalue weighted by atomic mass is 16.3. The molecule has 0 amide bonds. The molecule has 3 heteroatoms.